The number of fused-ring (bicyclic) bond motifs is 4. The van der Waals surface area contributed by atoms with Crippen LogP contribution in [0.4, 0.5) is 5.95 Å². The minimum Gasteiger partial charge on any atom is -0.341 e. The summed E-state index contributed by atoms with van der Waals surface area (Å²) < 4.78 is 3.56. The number of aromatic nitrogens is 5. The van der Waals surface area contributed by atoms with Gasteiger partial charge in [0.25, 0.3) is 5.56 Å². The first-order valence-corrected chi connectivity index (χ1v) is 12.9. The van der Waals surface area contributed by atoms with Crippen molar-refractivity contribution in [1.82, 2.24) is 24.3 Å². The SMILES string of the molecule is CC=CCn1c(N2CCCC(N)C2)nc2c(C)nn(Cc3nc4ccccc4c4ccccc34)c(=O)c21. The summed E-state index contributed by atoms with van der Waals surface area (Å²) in [4.78, 5) is 26.1. The molecular weight excluding hydrogens is 462 g/mol. The first kappa shape index (κ1) is 23.4. The molecule has 0 spiro atoms. The van der Waals surface area contributed by atoms with Crippen LogP contribution >= 0.6 is 0 Å². The molecule has 188 valence electrons. The third kappa shape index (κ3) is 4.07. The normalized spacial score (nSPS) is 16.5. The lowest BCUT2D eigenvalue weighted by Crippen LogP contribution is -2.44. The van der Waals surface area contributed by atoms with Gasteiger partial charge in [0.1, 0.15) is 11.0 Å². The van der Waals surface area contributed by atoms with Crippen LogP contribution in [0, 0.1) is 6.92 Å². The number of hydrogen-bond acceptors (Lipinski definition) is 6. The molecule has 37 heavy (non-hydrogen) atoms. The summed E-state index contributed by atoms with van der Waals surface area (Å²) in [5.74, 6) is 0.789. The van der Waals surface area contributed by atoms with Crippen LogP contribution < -0.4 is 16.2 Å². The fraction of sp³-hybridized carbons (Fsp3) is 0.310. The van der Waals surface area contributed by atoms with Crippen molar-refractivity contribution in [2.75, 3.05) is 18.0 Å². The molecule has 2 N–H and O–H groups in total. The first-order valence-electron chi connectivity index (χ1n) is 12.9. The van der Waals surface area contributed by atoms with Crippen molar-refractivity contribution in [3.8, 4) is 0 Å². The minimum absolute atomic E-state index is 0.104. The zero-order valence-electron chi connectivity index (χ0n) is 21.3. The second-order valence-electron chi connectivity index (χ2n) is 9.81. The Morgan fingerprint density at radius 3 is 2.59 bits per heavy atom. The Kier molecular flexibility index (Phi) is 5.96. The Bertz CT molecular complexity index is 1720. The maximum atomic E-state index is 14.0. The molecular formula is C29H31N7O. The molecule has 2 aromatic carbocycles. The number of allylic oxidation sites excluding steroid dienone is 2. The van der Waals surface area contributed by atoms with E-state index in [2.05, 4.69) is 23.1 Å². The van der Waals surface area contributed by atoms with Crippen molar-refractivity contribution in [1.29, 1.82) is 0 Å². The lowest BCUT2D eigenvalue weighted by atomic mass is 10.0. The van der Waals surface area contributed by atoms with Gasteiger partial charge in [0.05, 0.1) is 23.4 Å². The van der Waals surface area contributed by atoms with Gasteiger partial charge in [-0.3, -0.25) is 9.78 Å². The number of nitrogens with two attached hydrogens (primary N) is 1. The Labute approximate surface area is 215 Å². The van der Waals surface area contributed by atoms with Crippen molar-refractivity contribution < 1.29 is 0 Å². The highest BCUT2D eigenvalue weighted by Gasteiger charge is 2.25. The first-order chi connectivity index (χ1) is 18.0. The minimum atomic E-state index is -0.163. The number of imidazole rings is 1. The Hall–Kier alpha value is -4.04. The number of piperidine rings is 1. The predicted octanol–water partition coefficient (Wildman–Crippen LogP) is 4.15. The van der Waals surface area contributed by atoms with Gasteiger partial charge in [-0.1, -0.05) is 54.6 Å². The van der Waals surface area contributed by atoms with E-state index in [9.17, 15) is 4.79 Å². The summed E-state index contributed by atoms with van der Waals surface area (Å²) >= 11 is 0. The number of aryl methyl sites for hydroxylation is 1. The number of benzene rings is 2. The number of hydrogen-bond donors (Lipinski definition) is 1. The molecule has 0 bridgehead atoms. The van der Waals surface area contributed by atoms with Crippen LogP contribution in [-0.4, -0.2) is 43.4 Å². The van der Waals surface area contributed by atoms with E-state index in [1.807, 2.05) is 60.9 Å². The lowest BCUT2D eigenvalue weighted by Gasteiger charge is -2.31. The lowest BCUT2D eigenvalue weighted by molar-refractivity contribution is 0.495. The van der Waals surface area contributed by atoms with E-state index >= 15 is 0 Å². The molecule has 1 fully saturated rings. The molecule has 0 aliphatic carbocycles. The van der Waals surface area contributed by atoms with Crippen LogP contribution in [0.3, 0.4) is 0 Å². The van der Waals surface area contributed by atoms with Crippen LogP contribution in [0.2, 0.25) is 0 Å². The number of para-hydroxylation sites is 1. The quantitative estimate of drug-likeness (QED) is 0.292. The van der Waals surface area contributed by atoms with E-state index in [1.165, 1.54) is 0 Å². The van der Waals surface area contributed by atoms with Crippen molar-refractivity contribution in [2.24, 2.45) is 5.73 Å². The summed E-state index contributed by atoms with van der Waals surface area (Å²) in [5, 5.41) is 7.95. The molecule has 0 radical (unpaired) electrons. The average Bonchev–Trinajstić information content (AvgIpc) is 3.31. The summed E-state index contributed by atoms with van der Waals surface area (Å²) in [6, 6.07) is 16.4. The predicted molar refractivity (Wildman–Crippen MR) is 149 cm³/mol. The van der Waals surface area contributed by atoms with Gasteiger partial charge < -0.3 is 15.2 Å². The van der Waals surface area contributed by atoms with Crippen LogP contribution in [-0.2, 0) is 13.1 Å². The molecule has 0 amide bonds. The summed E-state index contributed by atoms with van der Waals surface area (Å²) in [5.41, 5.74) is 9.80. The monoisotopic (exact) mass is 493 g/mol. The van der Waals surface area contributed by atoms with Gasteiger partial charge in [-0.25, -0.2) is 9.67 Å². The zero-order chi connectivity index (χ0) is 25.5. The van der Waals surface area contributed by atoms with Crippen molar-refractivity contribution in [3.63, 3.8) is 0 Å². The summed E-state index contributed by atoms with van der Waals surface area (Å²) in [7, 11) is 0. The zero-order valence-corrected chi connectivity index (χ0v) is 21.3. The smallest absolute Gasteiger partial charge is 0.293 e. The van der Waals surface area contributed by atoms with Gasteiger partial charge in [0.2, 0.25) is 5.95 Å². The molecule has 1 saturated heterocycles. The maximum Gasteiger partial charge on any atom is 0.293 e. The largest absolute Gasteiger partial charge is 0.341 e. The number of nitrogens with zero attached hydrogens (tertiary/aromatic N) is 6. The van der Waals surface area contributed by atoms with Gasteiger partial charge >= 0.3 is 0 Å². The molecule has 4 heterocycles. The molecule has 1 unspecified atom stereocenters. The highest BCUT2D eigenvalue weighted by Crippen LogP contribution is 2.28. The maximum absolute atomic E-state index is 14.0. The van der Waals surface area contributed by atoms with E-state index in [1.54, 1.807) is 4.68 Å². The van der Waals surface area contributed by atoms with E-state index in [-0.39, 0.29) is 18.1 Å². The molecule has 1 atom stereocenters. The van der Waals surface area contributed by atoms with Crippen molar-refractivity contribution in [2.45, 2.75) is 45.8 Å². The van der Waals surface area contributed by atoms with E-state index < -0.39 is 0 Å². The van der Waals surface area contributed by atoms with Crippen molar-refractivity contribution in [3.05, 3.63) is 82.4 Å². The molecule has 0 saturated carbocycles. The highest BCUT2D eigenvalue weighted by molar-refractivity contribution is 6.06. The molecule has 8 nitrogen and oxygen atoms in total. The number of pyridine rings is 1. The molecule has 5 aromatic rings. The van der Waals surface area contributed by atoms with Crippen LogP contribution in [0.15, 0.2) is 65.5 Å². The Morgan fingerprint density at radius 1 is 1.05 bits per heavy atom. The van der Waals surface area contributed by atoms with Gasteiger partial charge in [0.15, 0.2) is 0 Å². The highest BCUT2D eigenvalue weighted by atomic mass is 16.1. The van der Waals surface area contributed by atoms with Crippen molar-refractivity contribution >= 4 is 38.7 Å². The molecule has 1 aliphatic rings. The van der Waals surface area contributed by atoms with Gasteiger partial charge in [-0.05, 0) is 38.1 Å². The van der Waals surface area contributed by atoms with Gasteiger partial charge in [0, 0.05) is 36.4 Å². The van der Waals surface area contributed by atoms with Crippen LogP contribution in [0.1, 0.15) is 31.2 Å². The third-order valence-corrected chi connectivity index (χ3v) is 7.25. The van der Waals surface area contributed by atoms with E-state index in [0.717, 1.165) is 64.9 Å². The third-order valence-electron chi connectivity index (χ3n) is 7.25. The topological polar surface area (TPSA) is 94.9 Å². The van der Waals surface area contributed by atoms with E-state index in [0.29, 0.717) is 17.6 Å². The average molecular weight is 494 g/mol. The second kappa shape index (κ2) is 9.44. The van der Waals surface area contributed by atoms with Gasteiger partial charge in [-0.15, -0.1) is 0 Å². The molecule has 1 aliphatic heterocycles. The van der Waals surface area contributed by atoms with Gasteiger partial charge in [-0.2, -0.15) is 5.10 Å². The number of rotatable bonds is 5. The molecule has 6 rings (SSSR count). The second-order valence-corrected chi connectivity index (χ2v) is 9.81. The van der Waals surface area contributed by atoms with E-state index in [4.69, 9.17) is 20.8 Å². The summed E-state index contributed by atoms with van der Waals surface area (Å²) in [6.07, 6.45) is 6.06. The Balaban J connectivity index is 1.53. The fourth-order valence-corrected chi connectivity index (χ4v) is 5.47. The standard InChI is InChI=1S/C29H31N7O/c1-3-4-16-35-27-26(32-29(35)34-15-9-10-20(30)17-34)19(2)33-36(28(27)37)18-25-23-13-6-5-11-21(23)22-12-7-8-14-24(22)31-25/h3-8,11-14,20H,9-10,15-18,30H2,1-2H3. The Morgan fingerprint density at radius 2 is 1.81 bits per heavy atom. The summed E-state index contributed by atoms with van der Waals surface area (Å²) in [6.45, 7) is 6.34. The van der Waals surface area contributed by atoms with Crippen LogP contribution in [0.25, 0.3) is 32.7 Å². The van der Waals surface area contributed by atoms with Crippen LogP contribution in [0.5, 0.6) is 0 Å². The molecule has 8 heteroatoms. The number of anilines is 1. The molecule has 3 aromatic heterocycles. The fourth-order valence-electron chi connectivity index (χ4n) is 5.47.